The quantitative estimate of drug-likeness (QED) is 0.370. The third-order valence-corrected chi connectivity index (χ3v) is 6.15. The number of benzene rings is 2. The highest BCUT2D eigenvalue weighted by molar-refractivity contribution is 9.09. The normalized spacial score (nSPS) is 13.7. The second-order valence-corrected chi connectivity index (χ2v) is 8.30. The highest BCUT2D eigenvalue weighted by Gasteiger charge is 2.15. The minimum atomic E-state index is 0.450. The Balaban J connectivity index is 2.30. The molecule has 0 aromatic heterocycles. The van der Waals surface area contributed by atoms with Crippen LogP contribution >= 0.6 is 31.9 Å². The minimum absolute atomic E-state index is 0.450. The summed E-state index contributed by atoms with van der Waals surface area (Å²) in [5, 5.41) is 0. The first-order valence-electron chi connectivity index (χ1n) is 8.61. The van der Waals surface area contributed by atoms with Crippen molar-refractivity contribution in [2.24, 2.45) is 0 Å². The summed E-state index contributed by atoms with van der Waals surface area (Å²) in [4.78, 5) is 0.901. The van der Waals surface area contributed by atoms with Crippen LogP contribution in [-0.2, 0) is 6.42 Å². The maximum Gasteiger partial charge on any atom is 0.0398 e. The molecule has 0 fully saturated rings. The fourth-order valence-corrected chi connectivity index (χ4v) is 4.83. The van der Waals surface area contributed by atoms with Gasteiger partial charge in [0, 0.05) is 9.65 Å². The van der Waals surface area contributed by atoms with Crippen molar-refractivity contribution in [3.05, 3.63) is 70.8 Å². The van der Waals surface area contributed by atoms with Gasteiger partial charge in [0.2, 0.25) is 0 Å². The topological polar surface area (TPSA) is 0 Å². The van der Waals surface area contributed by atoms with E-state index in [1.165, 1.54) is 47.9 Å². The summed E-state index contributed by atoms with van der Waals surface area (Å²) < 4.78 is 0. The zero-order valence-electron chi connectivity index (χ0n) is 14.1. The second-order valence-electron chi connectivity index (χ2n) is 6.09. The third-order valence-electron chi connectivity index (χ3n) is 4.25. The van der Waals surface area contributed by atoms with Crippen molar-refractivity contribution >= 4 is 31.9 Å². The lowest BCUT2D eigenvalue weighted by atomic mass is 9.92. The van der Waals surface area contributed by atoms with E-state index in [-0.39, 0.29) is 0 Å². The molecule has 0 bridgehead atoms. The fraction of sp³-hybridized carbons (Fsp3) is 0.429. The molecular formula is C21H26Br2. The van der Waals surface area contributed by atoms with Gasteiger partial charge in [0.1, 0.15) is 0 Å². The monoisotopic (exact) mass is 436 g/mol. The summed E-state index contributed by atoms with van der Waals surface area (Å²) in [6.07, 6.45) is 5.75. The van der Waals surface area contributed by atoms with E-state index in [1.807, 2.05) is 0 Å². The van der Waals surface area contributed by atoms with Crippen LogP contribution in [0.3, 0.4) is 0 Å². The standard InChI is InChI=1S/C21H26Br2/c1-3-9-20(22)18-13-7-5-11-16(18)15-17-12-6-8-14-19(17)21(23)10-4-2/h5-8,11-14,20-21H,3-4,9-10,15H2,1-2H3. The molecule has 2 atom stereocenters. The molecule has 124 valence electrons. The molecule has 0 heterocycles. The van der Waals surface area contributed by atoms with Crippen LogP contribution in [0.1, 0.15) is 71.4 Å². The van der Waals surface area contributed by atoms with Crippen LogP contribution < -0.4 is 0 Å². The zero-order chi connectivity index (χ0) is 16.7. The van der Waals surface area contributed by atoms with Crippen molar-refractivity contribution in [3.8, 4) is 0 Å². The highest BCUT2D eigenvalue weighted by Crippen LogP contribution is 2.34. The van der Waals surface area contributed by atoms with E-state index in [2.05, 4.69) is 94.2 Å². The van der Waals surface area contributed by atoms with Gasteiger partial charge >= 0.3 is 0 Å². The summed E-state index contributed by atoms with van der Waals surface area (Å²) >= 11 is 7.75. The first-order valence-corrected chi connectivity index (χ1v) is 10.4. The summed E-state index contributed by atoms with van der Waals surface area (Å²) in [6.45, 7) is 4.48. The Morgan fingerprint density at radius 1 is 0.696 bits per heavy atom. The largest absolute Gasteiger partial charge is 0.0839 e. The Kier molecular flexibility index (Phi) is 7.85. The number of halogens is 2. The molecule has 0 spiro atoms. The molecule has 0 amide bonds. The van der Waals surface area contributed by atoms with Crippen molar-refractivity contribution in [1.29, 1.82) is 0 Å². The van der Waals surface area contributed by atoms with Crippen molar-refractivity contribution in [2.45, 2.75) is 55.6 Å². The lowest BCUT2D eigenvalue weighted by Gasteiger charge is -2.18. The van der Waals surface area contributed by atoms with E-state index in [9.17, 15) is 0 Å². The van der Waals surface area contributed by atoms with Crippen LogP contribution in [0.2, 0.25) is 0 Å². The van der Waals surface area contributed by atoms with Gasteiger partial charge in [-0.2, -0.15) is 0 Å². The number of alkyl halides is 2. The molecule has 0 aliphatic rings. The van der Waals surface area contributed by atoms with Crippen LogP contribution in [0.4, 0.5) is 0 Å². The summed E-state index contributed by atoms with van der Waals surface area (Å²) in [5.74, 6) is 0. The third kappa shape index (κ3) is 5.19. The smallest absolute Gasteiger partial charge is 0.0398 e. The van der Waals surface area contributed by atoms with Gasteiger partial charge in [0.25, 0.3) is 0 Å². The molecule has 2 unspecified atom stereocenters. The molecule has 0 aliphatic heterocycles. The maximum absolute atomic E-state index is 3.87. The number of hydrogen-bond acceptors (Lipinski definition) is 0. The molecule has 0 saturated heterocycles. The van der Waals surface area contributed by atoms with Gasteiger partial charge in [0.15, 0.2) is 0 Å². The van der Waals surface area contributed by atoms with Gasteiger partial charge in [-0.05, 0) is 41.5 Å². The molecule has 0 nitrogen and oxygen atoms in total. The van der Waals surface area contributed by atoms with Crippen LogP contribution in [0.25, 0.3) is 0 Å². The highest BCUT2D eigenvalue weighted by atomic mass is 79.9. The number of rotatable bonds is 8. The molecule has 2 aromatic carbocycles. The molecule has 0 saturated carbocycles. The number of hydrogen-bond donors (Lipinski definition) is 0. The fourth-order valence-electron chi connectivity index (χ4n) is 3.02. The van der Waals surface area contributed by atoms with Gasteiger partial charge in [-0.25, -0.2) is 0 Å². The van der Waals surface area contributed by atoms with Crippen molar-refractivity contribution < 1.29 is 0 Å². The van der Waals surface area contributed by atoms with Crippen LogP contribution in [0.5, 0.6) is 0 Å². The average Bonchev–Trinajstić information content (AvgIpc) is 2.56. The Morgan fingerprint density at radius 3 is 1.48 bits per heavy atom. The lowest BCUT2D eigenvalue weighted by molar-refractivity contribution is 0.774. The summed E-state index contributed by atoms with van der Waals surface area (Å²) in [6, 6.07) is 17.7. The van der Waals surface area contributed by atoms with Crippen LogP contribution in [0, 0.1) is 0 Å². The minimum Gasteiger partial charge on any atom is -0.0839 e. The predicted molar refractivity (Wildman–Crippen MR) is 109 cm³/mol. The molecule has 0 N–H and O–H groups in total. The zero-order valence-corrected chi connectivity index (χ0v) is 17.2. The van der Waals surface area contributed by atoms with Gasteiger partial charge in [-0.1, -0.05) is 107 Å². The molecule has 2 aromatic rings. The molecular weight excluding hydrogens is 412 g/mol. The Bertz CT molecular complexity index is 553. The lowest BCUT2D eigenvalue weighted by Crippen LogP contribution is -2.02. The van der Waals surface area contributed by atoms with Gasteiger partial charge in [-0.15, -0.1) is 0 Å². The van der Waals surface area contributed by atoms with Crippen LogP contribution in [0.15, 0.2) is 48.5 Å². The Labute approximate surface area is 158 Å². The predicted octanol–water partition coefficient (Wildman–Crippen LogP) is 7.75. The first-order chi connectivity index (χ1) is 11.2. The van der Waals surface area contributed by atoms with E-state index >= 15 is 0 Å². The van der Waals surface area contributed by atoms with Crippen molar-refractivity contribution in [2.75, 3.05) is 0 Å². The SMILES string of the molecule is CCCC(Br)c1ccccc1Cc1ccccc1C(Br)CCC. The van der Waals surface area contributed by atoms with E-state index in [0.29, 0.717) is 9.65 Å². The van der Waals surface area contributed by atoms with Gasteiger partial charge < -0.3 is 0 Å². The Hall–Kier alpha value is -0.600. The summed E-state index contributed by atoms with van der Waals surface area (Å²) in [5.41, 5.74) is 5.74. The van der Waals surface area contributed by atoms with E-state index in [4.69, 9.17) is 0 Å². The summed E-state index contributed by atoms with van der Waals surface area (Å²) in [7, 11) is 0. The van der Waals surface area contributed by atoms with Gasteiger partial charge in [0.05, 0.1) is 0 Å². The molecule has 2 rings (SSSR count). The molecule has 0 radical (unpaired) electrons. The van der Waals surface area contributed by atoms with Crippen molar-refractivity contribution in [1.82, 2.24) is 0 Å². The van der Waals surface area contributed by atoms with E-state index in [0.717, 1.165) is 6.42 Å². The first kappa shape index (κ1) is 18.7. The Morgan fingerprint density at radius 2 is 1.09 bits per heavy atom. The molecule has 0 aliphatic carbocycles. The van der Waals surface area contributed by atoms with Crippen LogP contribution in [-0.4, -0.2) is 0 Å². The average molecular weight is 438 g/mol. The molecule has 2 heteroatoms. The van der Waals surface area contributed by atoms with E-state index in [1.54, 1.807) is 0 Å². The maximum atomic E-state index is 3.87. The van der Waals surface area contributed by atoms with E-state index < -0.39 is 0 Å². The second kappa shape index (κ2) is 9.64. The molecule has 23 heavy (non-hydrogen) atoms. The van der Waals surface area contributed by atoms with Gasteiger partial charge in [-0.3, -0.25) is 0 Å². The van der Waals surface area contributed by atoms with Crippen molar-refractivity contribution in [3.63, 3.8) is 0 Å².